The maximum absolute atomic E-state index is 12.3. The van der Waals surface area contributed by atoms with E-state index < -0.39 is 0 Å². The number of hydrogen-bond acceptors (Lipinski definition) is 2. The van der Waals surface area contributed by atoms with Crippen LogP contribution in [0, 0.1) is 0 Å². The van der Waals surface area contributed by atoms with Crippen LogP contribution in [-0.2, 0) is 0 Å². The summed E-state index contributed by atoms with van der Waals surface area (Å²) in [4.78, 5) is 12.3. The Balaban J connectivity index is 2.05. The Labute approximate surface area is 138 Å². The minimum absolute atomic E-state index is 0.134. The highest BCUT2D eigenvalue weighted by atomic mass is 16.3. The summed E-state index contributed by atoms with van der Waals surface area (Å²) in [6.07, 6.45) is 4.72. The molecule has 0 atom stereocenters. The van der Waals surface area contributed by atoms with Crippen LogP contribution in [0.2, 0.25) is 0 Å². The zero-order valence-corrected chi connectivity index (χ0v) is 13.9. The van der Waals surface area contributed by atoms with E-state index in [1.54, 1.807) is 24.3 Å². The second kappa shape index (κ2) is 8.37. The minimum Gasteiger partial charge on any atom is -0.508 e. The van der Waals surface area contributed by atoms with Crippen LogP contribution in [0.1, 0.15) is 61.4 Å². The van der Waals surface area contributed by atoms with Gasteiger partial charge in [-0.05, 0) is 60.7 Å². The highest BCUT2D eigenvalue weighted by molar-refractivity contribution is 6.04. The standard InChI is InChI=1S/C20H25NO2/c1-3-5-15(6-4-2)16-7-9-17(10-8-16)20(23)21-18-11-13-19(22)14-12-18/h7-15,22H,3-6H2,1-2H3,(H,21,23). The van der Waals surface area contributed by atoms with Gasteiger partial charge in [0.2, 0.25) is 0 Å². The van der Waals surface area contributed by atoms with E-state index in [2.05, 4.69) is 31.3 Å². The molecular formula is C20H25NO2. The third-order valence-electron chi connectivity index (χ3n) is 4.04. The van der Waals surface area contributed by atoms with Crippen molar-refractivity contribution in [3.05, 3.63) is 59.7 Å². The molecule has 0 aliphatic carbocycles. The van der Waals surface area contributed by atoms with Crippen LogP contribution in [0.15, 0.2) is 48.5 Å². The maximum Gasteiger partial charge on any atom is 0.255 e. The van der Waals surface area contributed by atoms with Gasteiger partial charge < -0.3 is 10.4 Å². The van der Waals surface area contributed by atoms with Crippen molar-refractivity contribution in [2.24, 2.45) is 0 Å². The van der Waals surface area contributed by atoms with E-state index in [4.69, 9.17) is 0 Å². The molecule has 0 aliphatic heterocycles. The SMILES string of the molecule is CCCC(CCC)c1ccc(C(=O)Nc2ccc(O)cc2)cc1. The Bertz CT molecular complexity index is 611. The zero-order valence-electron chi connectivity index (χ0n) is 13.9. The zero-order chi connectivity index (χ0) is 16.7. The van der Waals surface area contributed by atoms with Crippen LogP contribution < -0.4 is 5.32 Å². The fourth-order valence-corrected chi connectivity index (χ4v) is 2.83. The first-order valence-corrected chi connectivity index (χ1v) is 8.34. The van der Waals surface area contributed by atoms with Crippen LogP contribution in [0.5, 0.6) is 5.75 Å². The molecular weight excluding hydrogens is 286 g/mol. The predicted octanol–water partition coefficient (Wildman–Crippen LogP) is 5.33. The molecule has 3 heteroatoms. The summed E-state index contributed by atoms with van der Waals surface area (Å²) >= 11 is 0. The van der Waals surface area contributed by atoms with E-state index in [1.165, 1.54) is 31.2 Å². The molecule has 2 N–H and O–H groups in total. The van der Waals surface area contributed by atoms with E-state index in [-0.39, 0.29) is 11.7 Å². The van der Waals surface area contributed by atoms with Crippen molar-refractivity contribution in [2.75, 3.05) is 5.32 Å². The molecule has 0 radical (unpaired) electrons. The van der Waals surface area contributed by atoms with E-state index in [0.29, 0.717) is 17.2 Å². The number of carbonyl (C=O) groups is 1. The third kappa shape index (κ3) is 4.85. The first-order valence-electron chi connectivity index (χ1n) is 8.34. The van der Waals surface area contributed by atoms with Gasteiger partial charge in [0, 0.05) is 11.3 Å². The van der Waals surface area contributed by atoms with Gasteiger partial charge in [-0.3, -0.25) is 4.79 Å². The highest BCUT2D eigenvalue weighted by Gasteiger charge is 2.11. The van der Waals surface area contributed by atoms with Crippen molar-refractivity contribution >= 4 is 11.6 Å². The van der Waals surface area contributed by atoms with Crippen molar-refractivity contribution in [1.29, 1.82) is 0 Å². The van der Waals surface area contributed by atoms with Crippen LogP contribution >= 0.6 is 0 Å². The minimum atomic E-state index is -0.134. The summed E-state index contributed by atoms with van der Waals surface area (Å²) in [5, 5.41) is 12.1. The van der Waals surface area contributed by atoms with Crippen molar-refractivity contribution in [1.82, 2.24) is 0 Å². The van der Waals surface area contributed by atoms with Crippen LogP contribution in [0.4, 0.5) is 5.69 Å². The Morgan fingerprint density at radius 1 is 0.957 bits per heavy atom. The summed E-state index contributed by atoms with van der Waals surface area (Å²) in [6.45, 7) is 4.42. The molecule has 2 aromatic carbocycles. The van der Waals surface area contributed by atoms with Gasteiger partial charge in [-0.1, -0.05) is 38.8 Å². The molecule has 0 saturated carbocycles. The number of nitrogens with one attached hydrogen (secondary N) is 1. The summed E-state index contributed by atoms with van der Waals surface area (Å²) in [5.41, 5.74) is 2.63. The third-order valence-corrected chi connectivity index (χ3v) is 4.04. The number of phenolic OH excluding ortho intramolecular Hbond substituents is 1. The smallest absolute Gasteiger partial charge is 0.255 e. The van der Waals surface area contributed by atoms with Crippen LogP contribution in [0.25, 0.3) is 0 Å². The van der Waals surface area contributed by atoms with E-state index >= 15 is 0 Å². The molecule has 0 spiro atoms. The Morgan fingerprint density at radius 2 is 1.52 bits per heavy atom. The molecule has 0 unspecified atom stereocenters. The summed E-state index contributed by atoms with van der Waals surface area (Å²) in [6, 6.07) is 14.4. The van der Waals surface area contributed by atoms with Gasteiger partial charge in [0.05, 0.1) is 0 Å². The quantitative estimate of drug-likeness (QED) is 0.679. The van der Waals surface area contributed by atoms with Gasteiger partial charge in [0.15, 0.2) is 0 Å². The molecule has 1 amide bonds. The molecule has 2 aromatic rings. The second-order valence-electron chi connectivity index (χ2n) is 5.90. The topological polar surface area (TPSA) is 49.3 Å². The number of amides is 1. The second-order valence-corrected chi connectivity index (χ2v) is 5.90. The average molecular weight is 311 g/mol. The molecule has 122 valence electrons. The lowest BCUT2D eigenvalue weighted by atomic mass is 9.90. The fourth-order valence-electron chi connectivity index (χ4n) is 2.83. The van der Waals surface area contributed by atoms with Crippen molar-refractivity contribution < 1.29 is 9.90 Å². The molecule has 23 heavy (non-hydrogen) atoms. The number of aromatic hydroxyl groups is 1. The highest BCUT2D eigenvalue weighted by Crippen LogP contribution is 2.26. The lowest BCUT2D eigenvalue weighted by Gasteiger charge is -2.16. The van der Waals surface area contributed by atoms with Crippen molar-refractivity contribution in [2.45, 2.75) is 45.4 Å². The number of hydrogen-bond donors (Lipinski definition) is 2. The monoisotopic (exact) mass is 311 g/mol. The first kappa shape index (κ1) is 17.1. The maximum atomic E-state index is 12.3. The van der Waals surface area contributed by atoms with Gasteiger partial charge in [-0.15, -0.1) is 0 Å². The van der Waals surface area contributed by atoms with Crippen molar-refractivity contribution in [3.63, 3.8) is 0 Å². The van der Waals surface area contributed by atoms with Gasteiger partial charge in [-0.2, -0.15) is 0 Å². The molecule has 0 bridgehead atoms. The number of carbonyl (C=O) groups excluding carboxylic acids is 1. The molecule has 0 aromatic heterocycles. The molecule has 0 heterocycles. The summed E-state index contributed by atoms with van der Waals surface area (Å²) < 4.78 is 0. The lowest BCUT2D eigenvalue weighted by Crippen LogP contribution is -2.12. The van der Waals surface area contributed by atoms with E-state index in [1.807, 2.05) is 12.1 Å². The van der Waals surface area contributed by atoms with Crippen molar-refractivity contribution in [3.8, 4) is 5.75 Å². The van der Waals surface area contributed by atoms with E-state index in [0.717, 1.165) is 0 Å². The molecule has 0 aliphatic rings. The average Bonchev–Trinajstić information content (AvgIpc) is 2.57. The van der Waals surface area contributed by atoms with Gasteiger partial charge in [-0.25, -0.2) is 0 Å². The fraction of sp³-hybridized carbons (Fsp3) is 0.350. The molecule has 3 nitrogen and oxygen atoms in total. The Morgan fingerprint density at radius 3 is 2.04 bits per heavy atom. The number of phenols is 1. The number of anilines is 1. The predicted molar refractivity (Wildman–Crippen MR) is 95.1 cm³/mol. The number of benzene rings is 2. The first-order chi connectivity index (χ1) is 11.1. The molecule has 2 rings (SSSR count). The Hall–Kier alpha value is -2.29. The van der Waals surface area contributed by atoms with Crippen LogP contribution in [-0.4, -0.2) is 11.0 Å². The van der Waals surface area contributed by atoms with Crippen LogP contribution in [0.3, 0.4) is 0 Å². The van der Waals surface area contributed by atoms with Gasteiger partial charge in [0.25, 0.3) is 5.91 Å². The largest absolute Gasteiger partial charge is 0.508 e. The molecule has 0 saturated heterocycles. The van der Waals surface area contributed by atoms with E-state index in [9.17, 15) is 9.90 Å². The van der Waals surface area contributed by atoms with Gasteiger partial charge in [0.1, 0.15) is 5.75 Å². The number of rotatable bonds is 7. The van der Waals surface area contributed by atoms with Gasteiger partial charge >= 0.3 is 0 Å². The summed E-state index contributed by atoms with van der Waals surface area (Å²) in [5.74, 6) is 0.634. The summed E-state index contributed by atoms with van der Waals surface area (Å²) in [7, 11) is 0. The molecule has 0 fully saturated rings. The Kier molecular flexibility index (Phi) is 6.21. The normalized spacial score (nSPS) is 10.7. The lowest BCUT2D eigenvalue weighted by molar-refractivity contribution is 0.102.